The molecule has 5 saturated carbocycles. The quantitative estimate of drug-likeness (QED) is 0.611. The van der Waals surface area contributed by atoms with E-state index in [9.17, 15) is 4.79 Å². The number of rotatable bonds is 5. The SMILES string of the molecule is CCn1c(CC(=O)NC2CCCCCC2)csc1=NC12CC3CC(CC(C3)C1)C2.Cl. The molecule has 1 heterocycles. The standard InChI is InChI=1S/C24H37N3OS.ClH/c1-2-27-21(12-22(28)25-20-7-5-3-4-6-8-20)16-29-23(27)26-24-13-17-9-18(14-24)11-19(10-17)15-24;/h16-20H,2-15H2,1H3,(H,25,28);1H. The molecule has 1 aromatic heterocycles. The van der Waals surface area contributed by atoms with Crippen LogP contribution >= 0.6 is 23.7 Å². The molecule has 5 fully saturated rings. The predicted octanol–water partition coefficient (Wildman–Crippen LogP) is 5.24. The second-order valence-electron chi connectivity index (χ2n) is 10.4. The van der Waals surface area contributed by atoms with Crippen LogP contribution in [-0.4, -0.2) is 22.1 Å². The molecule has 1 N–H and O–H groups in total. The van der Waals surface area contributed by atoms with Crippen molar-refractivity contribution in [3.63, 3.8) is 0 Å². The molecular weight excluding hydrogens is 414 g/mol. The highest BCUT2D eigenvalue weighted by atomic mass is 35.5. The Morgan fingerprint density at radius 3 is 2.27 bits per heavy atom. The van der Waals surface area contributed by atoms with Gasteiger partial charge in [0.25, 0.3) is 0 Å². The third-order valence-corrected chi connectivity index (χ3v) is 9.01. The van der Waals surface area contributed by atoms with E-state index in [4.69, 9.17) is 4.99 Å². The number of thiazole rings is 1. The van der Waals surface area contributed by atoms with Crippen LogP contribution in [-0.2, 0) is 17.8 Å². The molecule has 4 bridgehead atoms. The van der Waals surface area contributed by atoms with Gasteiger partial charge in [0.2, 0.25) is 5.91 Å². The summed E-state index contributed by atoms with van der Waals surface area (Å²) in [6, 6.07) is 0.384. The van der Waals surface area contributed by atoms with Crippen LogP contribution in [0.4, 0.5) is 0 Å². The van der Waals surface area contributed by atoms with E-state index in [1.54, 1.807) is 11.3 Å². The molecule has 1 aromatic rings. The highest BCUT2D eigenvalue weighted by Crippen LogP contribution is 2.57. The number of aromatic nitrogens is 1. The van der Waals surface area contributed by atoms with Crippen molar-refractivity contribution in [1.82, 2.24) is 9.88 Å². The summed E-state index contributed by atoms with van der Waals surface area (Å²) < 4.78 is 2.32. The number of hydrogen-bond acceptors (Lipinski definition) is 3. The molecule has 0 spiro atoms. The first-order chi connectivity index (χ1) is 14.1. The van der Waals surface area contributed by atoms with Crippen LogP contribution in [0.5, 0.6) is 0 Å². The van der Waals surface area contributed by atoms with Gasteiger partial charge in [-0.3, -0.25) is 9.79 Å². The number of nitrogens with one attached hydrogen (secondary N) is 1. The maximum Gasteiger partial charge on any atom is 0.226 e. The van der Waals surface area contributed by atoms with Gasteiger partial charge in [-0.2, -0.15) is 0 Å². The fourth-order valence-corrected chi connectivity index (χ4v) is 8.28. The number of halogens is 1. The first kappa shape index (κ1) is 22.4. The number of amides is 1. The molecule has 0 aliphatic heterocycles. The summed E-state index contributed by atoms with van der Waals surface area (Å²) in [6.45, 7) is 3.10. The lowest BCUT2D eigenvalue weighted by atomic mass is 9.53. The minimum Gasteiger partial charge on any atom is -0.353 e. The molecule has 6 rings (SSSR count). The Balaban J connectivity index is 0.00000218. The largest absolute Gasteiger partial charge is 0.353 e. The van der Waals surface area contributed by atoms with Gasteiger partial charge in [-0.25, -0.2) is 0 Å². The molecular formula is C24H38ClN3OS. The fourth-order valence-electron chi connectivity index (χ4n) is 7.20. The van der Waals surface area contributed by atoms with Crippen LogP contribution in [0.25, 0.3) is 0 Å². The highest BCUT2D eigenvalue weighted by molar-refractivity contribution is 7.07. The molecule has 6 heteroatoms. The Kier molecular flexibility index (Phi) is 6.98. The molecule has 0 atom stereocenters. The third kappa shape index (κ3) is 4.67. The van der Waals surface area contributed by atoms with Crippen molar-refractivity contribution in [3.8, 4) is 0 Å². The van der Waals surface area contributed by atoms with Crippen molar-refractivity contribution < 1.29 is 4.79 Å². The number of nitrogens with zero attached hydrogens (tertiary/aromatic N) is 2. The summed E-state index contributed by atoms with van der Waals surface area (Å²) in [6.07, 6.45) is 16.2. The van der Waals surface area contributed by atoms with E-state index in [2.05, 4.69) is 22.2 Å². The van der Waals surface area contributed by atoms with Gasteiger partial charge in [-0.1, -0.05) is 25.7 Å². The van der Waals surface area contributed by atoms with Crippen LogP contribution in [0.2, 0.25) is 0 Å². The summed E-state index contributed by atoms with van der Waals surface area (Å²) in [5, 5.41) is 5.51. The van der Waals surface area contributed by atoms with Crippen molar-refractivity contribution in [3.05, 3.63) is 15.9 Å². The Labute approximate surface area is 191 Å². The molecule has 4 nitrogen and oxygen atoms in total. The zero-order valence-corrected chi connectivity index (χ0v) is 20.0. The molecule has 5 aliphatic rings. The minimum atomic E-state index is 0. The van der Waals surface area contributed by atoms with Gasteiger partial charge in [0.1, 0.15) is 0 Å². The average Bonchev–Trinajstić information content (AvgIpc) is 2.86. The molecule has 0 unspecified atom stereocenters. The van der Waals surface area contributed by atoms with E-state index in [1.807, 2.05) is 0 Å². The monoisotopic (exact) mass is 451 g/mol. The molecule has 0 saturated heterocycles. The molecule has 5 aliphatic carbocycles. The van der Waals surface area contributed by atoms with Crippen molar-refractivity contribution in [2.24, 2.45) is 22.7 Å². The Morgan fingerprint density at radius 1 is 1.10 bits per heavy atom. The van der Waals surface area contributed by atoms with Gasteiger partial charge in [-0.05, 0) is 76.0 Å². The van der Waals surface area contributed by atoms with E-state index in [0.29, 0.717) is 12.5 Å². The van der Waals surface area contributed by atoms with Gasteiger partial charge >= 0.3 is 0 Å². The maximum absolute atomic E-state index is 12.7. The first-order valence-corrected chi connectivity index (χ1v) is 13.0. The van der Waals surface area contributed by atoms with Crippen LogP contribution in [0.15, 0.2) is 10.4 Å². The van der Waals surface area contributed by atoms with Gasteiger partial charge in [0, 0.05) is 23.7 Å². The van der Waals surface area contributed by atoms with Crippen molar-refractivity contribution in [1.29, 1.82) is 0 Å². The average molecular weight is 452 g/mol. The molecule has 1 amide bonds. The van der Waals surface area contributed by atoms with Crippen molar-refractivity contribution >= 4 is 29.7 Å². The summed E-state index contributed by atoms with van der Waals surface area (Å²) in [5.74, 6) is 2.96. The lowest BCUT2D eigenvalue weighted by molar-refractivity contribution is -0.121. The predicted molar refractivity (Wildman–Crippen MR) is 125 cm³/mol. The van der Waals surface area contributed by atoms with Gasteiger partial charge in [0.15, 0.2) is 4.80 Å². The lowest BCUT2D eigenvalue weighted by Gasteiger charge is -2.54. The third-order valence-electron chi connectivity index (χ3n) is 8.09. The van der Waals surface area contributed by atoms with Gasteiger partial charge < -0.3 is 9.88 Å². The minimum absolute atomic E-state index is 0. The topological polar surface area (TPSA) is 46.4 Å². The normalized spacial score (nSPS) is 33.9. The van der Waals surface area contributed by atoms with Crippen LogP contribution in [0, 0.1) is 17.8 Å². The second kappa shape index (κ2) is 9.36. The van der Waals surface area contributed by atoms with Crippen molar-refractivity contribution in [2.75, 3.05) is 0 Å². The zero-order chi connectivity index (χ0) is 19.8. The summed E-state index contributed by atoms with van der Waals surface area (Å²) in [7, 11) is 0. The highest BCUT2D eigenvalue weighted by Gasteiger charge is 2.51. The number of carbonyl (C=O) groups is 1. The zero-order valence-electron chi connectivity index (χ0n) is 18.4. The van der Waals surface area contributed by atoms with Gasteiger partial charge in [-0.15, -0.1) is 23.7 Å². The van der Waals surface area contributed by atoms with E-state index >= 15 is 0 Å². The first-order valence-electron chi connectivity index (χ1n) is 12.1. The Hall–Kier alpha value is -0.810. The lowest BCUT2D eigenvalue weighted by Crippen LogP contribution is -2.50. The number of hydrogen-bond donors (Lipinski definition) is 1. The van der Waals surface area contributed by atoms with E-state index in [1.165, 1.54) is 64.2 Å². The molecule has 168 valence electrons. The second-order valence-corrected chi connectivity index (χ2v) is 11.3. The molecule has 0 aromatic carbocycles. The van der Waals surface area contributed by atoms with Crippen LogP contribution in [0.1, 0.15) is 89.7 Å². The van der Waals surface area contributed by atoms with Crippen LogP contribution in [0.3, 0.4) is 0 Å². The van der Waals surface area contributed by atoms with E-state index in [-0.39, 0.29) is 23.9 Å². The summed E-state index contributed by atoms with van der Waals surface area (Å²) in [4.78, 5) is 19.3. The smallest absolute Gasteiger partial charge is 0.226 e. The Morgan fingerprint density at radius 2 is 1.70 bits per heavy atom. The van der Waals surface area contributed by atoms with Crippen molar-refractivity contribution in [2.45, 2.75) is 109 Å². The molecule has 30 heavy (non-hydrogen) atoms. The van der Waals surface area contributed by atoms with E-state index < -0.39 is 0 Å². The summed E-state index contributed by atoms with van der Waals surface area (Å²) in [5.41, 5.74) is 1.35. The van der Waals surface area contributed by atoms with E-state index in [0.717, 1.165) is 47.6 Å². The van der Waals surface area contributed by atoms with Gasteiger partial charge in [0.05, 0.1) is 12.0 Å². The Bertz CT molecular complexity index is 770. The van der Waals surface area contributed by atoms with Crippen LogP contribution < -0.4 is 10.1 Å². The molecule has 0 radical (unpaired) electrons. The summed E-state index contributed by atoms with van der Waals surface area (Å²) >= 11 is 1.76. The number of carbonyl (C=O) groups excluding carboxylic acids is 1. The fraction of sp³-hybridized carbons (Fsp3) is 0.833. The maximum atomic E-state index is 12.7.